The normalized spacial score (nSPS) is 21.2. The molecule has 4 heteroatoms. The van der Waals surface area contributed by atoms with Gasteiger partial charge >= 0.3 is 0 Å². The molecule has 1 aromatic heterocycles. The van der Waals surface area contributed by atoms with Gasteiger partial charge in [-0.1, -0.05) is 158 Å². The Morgan fingerprint density at radius 1 is 0.443 bits per heavy atom. The highest BCUT2D eigenvalue weighted by molar-refractivity contribution is 5.76. The minimum absolute atomic E-state index is 0.326. The number of nitriles is 1. The molecular weight excluding hydrogens is 741 g/mol. The molecule has 0 radical (unpaired) electrons. The molecule has 12 rings (SSSR count). The SMILES string of the molecule is N#Cc1ccc(-c2ccc(C34CC5CC(C3)C(Cc3ccc(-c6cccc(-c7cccc(-c8nc(-c9ccccc9)nc(-c9ccccc9)n8)c7)c6)cc3)C(C5)C4)cc2)cc1. The van der Waals surface area contributed by atoms with Gasteiger partial charge in [-0.15, -0.1) is 0 Å². The van der Waals surface area contributed by atoms with Gasteiger partial charge in [-0.25, -0.2) is 15.0 Å². The number of hydrogen-bond donors (Lipinski definition) is 0. The molecule has 4 aliphatic rings. The quantitative estimate of drug-likeness (QED) is 0.146. The van der Waals surface area contributed by atoms with E-state index in [2.05, 4.69) is 115 Å². The van der Waals surface area contributed by atoms with Crippen LogP contribution in [0.2, 0.25) is 0 Å². The van der Waals surface area contributed by atoms with E-state index in [1.54, 1.807) is 5.56 Å². The Balaban J connectivity index is 0.803. The highest BCUT2D eigenvalue weighted by Crippen LogP contribution is 2.63. The predicted octanol–water partition coefficient (Wildman–Crippen LogP) is 13.7. The van der Waals surface area contributed by atoms with E-state index < -0.39 is 0 Å². The average Bonchev–Trinajstić information content (AvgIpc) is 3.33. The van der Waals surface area contributed by atoms with Crippen molar-refractivity contribution in [3.8, 4) is 73.6 Å². The third kappa shape index (κ3) is 7.25. The van der Waals surface area contributed by atoms with Crippen molar-refractivity contribution < 1.29 is 0 Å². The van der Waals surface area contributed by atoms with Gasteiger partial charge in [0, 0.05) is 16.7 Å². The molecule has 4 aliphatic carbocycles. The molecule has 4 fully saturated rings. The third-order valence-electron chi connectivity index (χ3n) is 14.1. The summed E-state index contributed by atoms with van der Waals surface area (Å²) in [5.74, 6) is 5.20. The van der Waals surface area contributed by atoms with Crippen LogP contribution in [-0.2, 0) is 11.8 Å². The van der Waals surface area contributed by atoms with Crippen LogP contribution in [0, 0.1) is 35.0 Å². The molecule has 61 heavy (non-hydrogen) atoms. The lowest BCUT2D eigenvalue weighted by Gasteiger charge is -2.60. The molecule has 0 saturated heterocycles. The topological polar surface area (TPSA) is 62.5 Å². The lowest BCUT2D eigenvalue weighted by atomic mass is 9.44. The van der Waals surface area contributed by atoms with Crippen molar-refractivity contribution in [1.82, 2.24) is 15.0 Å². The smallest absolute Gasteiger partial charge is 0.164 e. The first-order valence-corrected chi connectivity index (χ1v) is 21.8. The van der Waals surface area contributed by atoms with E-state index in [0.717, 1.165) is 51.5 Å². The first kappa shape index (κ1) is 37.1. The monoisotopic (exact) mass is 786 g/mol. The van der Waals surface area contributed by atoms with Crippen LogP contribution in [-0.4, -0.2) is 15.0 Å². The van der Waals surface area contributed by atoms with Gasteiger partial charge in [0.25, 0.3) is 0 Å². The van der Waals surface area contributed by atoms with Crippen LogP contribution in [0.5, 0.6) is 0 Å². The predicted molar refractivity (Wildman–Crippen MR) is 246 cm³/mol. The Bertz CT molecular complexity index is 2800. The molecule has 1 heterocycles. The van der Waals surface area contributed by atoms with Gasteiger partial charge in [0.05, 0.1) is 11.6 Å². The van der Waals surface area contributed by atoms with Gasteiger partial charge in [-0.05, 0) is 136 Å². The second-order valence-electron chi connectivity index (χ2n) is 17.8. The van der Waals surface area contributed by atoms with Crippen LogP contribution in [0.1, 0.15) is 48.8 Å². The van der Waals surface area contributed by atoms with Crippen molar-refractivity contribution in [3.05, 3.63) is 199 Å². The van der Waals surface area contributed by atoms with Crippen LogP contribution >= 0.6 is 0 Å². The van der Waals surface area contributed by atoms with E-state index in [4.69, 9.17) is 15.0 Å². The van der Waals surface area contributed by atoms with E-state index in [0.29, 0.717) is 28.5 Å². The minimum atomic E-state index is 0.326. The van der Waals surface area contributed by atoms with Gasteiger partial charge in [0.1, 0.15) is 0 Å². The number of hydrogen-bond acceptors (Lipinski definition) is 4. The second kappa shape index (κ2) is 15.6. The van der Waals surface area contributed by atoms with Crippen molar-refractivity contribution in [1.29, 1.82) is 5.26 Å². The summed E-state index contributed by atoms with van der Waals surface area (Å²) in [5.41, 5.74) is 14.1. The van der Waals surface area contributed by atoms with E-state index in [1.165, 1.54) is 66.3 Å². The molecule has 0 amide bonds. The zero-order valence-corrected chi connectivity index (χ0v) is 34.2. The van der Waals surface area contributed by atoms with Crippen LogP contribution in [0.4, 0.5) is 0 Å². The molecule has 8 aromatic rings. The van der Waals surface area contributed by atoms with Crippen LogP contribution in [0.3, 0.4) is 0 Å². The third-order valence-corrected chi connectivity index (χ3v) is 14.1. The maximum Gasteiger partial charge on any atom is 0.164 e. The fraction of sp³-hybridized carbons (Fsp3) is 0.193. The molecule has 294 valence electrons. The summed E-state index contributed by atoms with van der Waals surface area (Å²) in [6.45, 7) is 0. The highest BCUT2D eigenvalue weighted by Gasteiger charge is 2.55. The van der Waals surface area contributed by atoms with Gasteiger partial charge in [-0.3, -0.25) is 0 Å². The standard InChI is InChI=1S/C57H46N4/c58-37-39-19-23-41(24-20-39)42-25-27-52(28-26-42)57-34-40-29-50(35-57)53(51(30-40)36-57)31-38-17-21-43(22-18-38)46-13-7-14-47(32-46)48-15-8-16-49(33-48)56-60-54(44-9-3-1-4-10-44)59-55(61-56)45-11-5-2-6-12-45/h1-28,32-33,40,50-51,53H,29-31,34-36H2. The maximum absolute atomic E-state index is 9.22. The van der Waals surface area contributed by atoms with Gasteiger partial charge in [-0.2, -0.15) is 5.26 Å². The summed E-state index contributed by atoms with van der Waals surface area (Å²) in [7, 11) is 0. The summed E-state index contributed by atoms with van der Waals surface area (Å²) < 4.78 is 0. The van der Waals surface area contributed by atoms with E-state index in [-0.39, 0.29) is 0 Å². The molecule has 2 unspecified atom stereocenters. The van der Waals surface area contributed by atoms with E-state index >= 15 is 0 Å². The van der Waals surface area contributed by atoms with Crippen molar-refractivity contribution in [2.45, 2.75) is 43.9 Å². The van der Waals surface area contributed by atoms with E-state index in [1.807, 2.05) is 72.8 Å². The van der Waals surface area contributed by atoms with Gasteiger partial charge < -0.3 is 0 Å². The molecule has 4 nitrogen and oxygen atoms in total. The van der Waals surface area contributed by atoms with Crippen molar-refractivity contribution in [3.63, 3.8) is 0 Å². The van der Waals surface area contributed by atoms with Gasteiger partial charge in [0.15, 0.2) is 17.5 Å². The molecule has 7 aromatic carbocycles. The lowest BCUT2D eigenvalue weighted by Crippen LogP contribution is -2.53. The molecule has 0 aliphatic heterocycles. The van der Waals surface area contributed by atoms with Crippen molar-refractivity contribution in [2.24, 2.45) is 23.7 Å². The largest absolute Gasteiger partial charge is 0.208 e. The molecule has 4 saturated carbocycles. The summed E-state index contributed by atoms with van der Waals surface area (Å²) in [6, 6.07) is 66.8. The Labute approximate surface area is 358 Å². The van der Waals surface area contributed by atoms with E-state index in [9.17, 15) is 5.26 Å². The Hall–Kier alpha value is -6.96. The molecule has 0 N–H and O–H groups in total. The minimum Gasteiger partial charge on any atom is -0.208 e. The Kier molecular flexibility index (Phi) is 9.46. The van der Waals surface area contributed by atoms with Crippen LogP contribution in [0.25, 0.3) is 67.5 Å². The molecular formula is C57H46N4. The number of nitrogens with zero attached hydrogens (tertiary/aromatic N) is 4. The lowest BCUT2D eigenvalue weighted by molar-refractivity contribution is -0.0558. The second-order valence-corrected chi connectivity index (χ2v) is 17.8. The van der Waals surface area contributed by atoms with Gasteiger partial charge in [0.2, 0.25) is 0 Å². The fourth-order valence-electron chi connectivity index (χ4n) is 11.3. The number of aromatic nitrogens is 3. The van der Waals surface area contributed by atoms with Crippen molar-refractivity contribution in [2.75, 3.05) is 0 Å². The Morgan fingerprint density at radius 3 is 1.44 bits per heavy atom. The van der Waals surface area contributed by atoms with Crippen LogP contribution in [0.15, 0.2) is 182 Å². The maximum atomic E-state index is 9.22. The summed E-state index contributed by atoms with van der Waals surface area (Å²) in [6.07, 6.45) is 7.97. The first-order valence-electron chi connectivity index (χ1n) is 21.8. The summed E-state index contributed by atoms with van der Waals surface area (Å²) in [4.78, 5) is 14.8. The zero-order chi connectivity index (χ0) is 40.8. The molecule has 2 atom stereocenters. The van der Waals surface area contributed by atoms with Crippen molar-refractivity contribution >= 4 is 0 Å². The zero-order valence-electron chi connectivity index (χ0n) is 34.2. The average molecular weight is 787 g/mol. The fourth-order valence-corrected chi connectivity index (χ4v) is 11.3. The number of rotatable bonds is 9. The Morgan fingerprint density at radius 2 is 0.885 bits per heavy atom. The van der Waals surface area contributed by atoms with Crippen LogP contribution < -0.4 is 0 Å². The summed E-state index contributed by atoms with van der Waals surface area (Å²) >= 11 is 0. The molecule has 0 spiro atoms. The highest BCUT2D eigenvalue weighted by atomic mass is 15.0. The summed E-state index contributed by atoms with van der Waals surface area (Å²) in [5, 5.41) is 9.22. The molecule has 4 bridgehead atoms. The first-order chi connectivity index (χ1) is 30.1. The number of benzene rings is 7.